The zero-order chi connectivity index (χ0) is 18.5. The predicted octanol–water partition coefficient (Wildman–Crippen LogP) is 5.35. The minimum absolute atomic E-state index is 0.484. The summed E-state index contributed by atoms with van der Waals surface area (Å²) in [6, 6.07) is 0.484. The normalized spacial score (nSPS) is 52.0. The number of nitrogens with two attached hydrogens (primary N) is 2. The standard InChI is InChI=1S/C24H44N2/c1-16(5-4-14-25)20-8-9-21-19-7-6-17-15-18(26)10-12-23(17,2)22(19)11-13-24(20,21)3/h16-22H,4-15,25-26H2,1-3H3/t16-,17-,18+,19+,20-,21+,22+,23+,24-/m1/s1. The van der Waals surface area contributed by atoms with Crippen molar-refractivity contribution in [3.63, 3.8) is 0 Å². The second-order valence-corrected chi connectivity index (χ2v) is 11.3. The molecule has 0 aliphatic heterocycles. The number of fused-ring (bicyclic) bond motifs is 5. The van der Waals surface area contributed by atoms with E-state index in [1.165, 1.54) is 70.6 Å². The van der Waals surface area contributed by atoms with Crippen molar-refractivity contribution in [1.82, 2.24) is 0 Å². The lowest BCUT2D eigenvalue weighted by atomic mass is 9.44. The molecule has 0 spiro atoms. The molecule has 4 fully saturated rings. The van der Waals surface area contributed by atoms with E-state index in [1.54, 1.807) is 0 Å². The second kappa shape index (κ2) is 7.07. The molecule has 4 saturated carbocycles. The van der Waals surface area contributed by atoms with Crippen LogP contribution in [0.5, 0.6) is 0 Å². The fourth-order valence-corrected chi connectivity index (χ4v) is 8.91. The van der Waals surface area contributed by atoms with Gasteiger partial charge in [0.05, 0.1) is 0 Å². The Balaban J connectivity index is 1.52. The summed E-state index contributed by atoms with van der Waals surface area (Å²) >= 11 is 0. The van der Waals surface area contributed by atoms with Gasteiger partial charge < -0.3 is 11.5 Å². The van der Waals surface area contributed by atoms with Crippen LogP contribution < -0.4 is 11.5 Å². The first kappa shape index (κ1) is 19.2. The Morgan fingerprint density at radius 3 is 2.42 bits per heavy atom. The van der Waals surface area contributed by atoms with E-state index < -0.39 is 0 Å². The first-order valence-corrected chi connectivity index (χ1v) is 11.9. The van der Waals surface area contributed by atoms with Gasteiger partial charge in [0.1, 0.15) is 0 Å². The monoisotopic (exact) mass is 360 g/mol. The molecular weight excluding hydrogens is 316 g/mol. The summed E-state index contributed by atoms with van der Waals surface area (Å²) in [5, 5.41) is 0. The van der Waals surface area contributed by atoms with Crippen LogP contribution in [0.3, 0.4) is 0 Å². The van der Waals surface area contributed by atoms with Crippen LogP contribution in [0.4, 0.5) is 0 Å². The van der Waals surface area contributed by atoms with E-state index in [9.17, 15) is 0 Å². The third-order valence-corrected chi connectivity index (χ3v) is 10.3. The summed E-state index contributed by atoms with van der Waals surface area (Å²) in [5.74, 6) is 5.73. The molecule has 2 nitrogen and oxygen atoms in total. The molecule has 0 aromatic carbocycles. The lowest BCUT2D eigenvalue weighted by Gasteiger charge is -2.61. The molecule has 2 heteroatoms. The summed E-state index contributed by atoms with van der Waals surface area (Å²) in [7, 11) is 0. The summed E-state index contributed by atoms with van der Waals surface area (Å²) in [4.78, 5) is 0. The topological polar surface area (TPSA) is 52.0 Å². The molecule has 4 rings (SSSR count). The van der Waals surface area contributed by atoms with Crippen molar-refractivity contribution >= 4 is 0 Å². The highest BCUT2D eigenvalue weighted by Crippen LogP contribution is 2.68. The van der Waals surface area contributed by atoms with Crippen molar-refractivity contribution in [2.75, 3.05) is 6.54 Å². The van der Waals surface area contributed by atoms with Gasteiger partial charge in [0.15, 0.2) is 0 Å². The van der Waals surface area contributed by atoms with Crippen LogP contribution >= 0.6 is 0 Å². The van der Waals surface area contributed by atoms with Crippen LogP contribution in [0.1, 0.15) is 91.4 Å². The van der Waals surface area contributed by atoms with Crippen molar-refractivity contribution in [2.24, 2.45) is 57.8 Å². The highest BCUT2D eigenvalue weighted by Gasteiger charge is 2.60. The van der Waals surface area contributed by atoms with Gasteiger partial charge >= 0.3 is 0 Å². The predicted molar refractivity (Wildman–Crippen MR) is 111 cm³/mol. The van der Waals surface area contributed by atoms with Gasteiger partial charge in [-0.3, -0.25) is 0 Å². The van der Waals surface area contributed by atoms with Gasteiger partial charge in [0.25, 0.3) is 0 Å². The maximum Gasteiger partial charge on any atom is 0.00418 e. The quantitative estimate of drug-likeness (QED) is 0.710. The average Bonchev–Trinajstić information content (AvgIpc) is 2.97. The Hall–Kier alpha value is -0.0800. The van der Waals surface area contributed by atoms with Crippen LogP contribution in [0.25, 0.3) is 0 Å². The molecule has 150 valence electrons. The Kier molecular flexibility index (Phi) is 5.23. The Morgan fingerprint density at radius 2 is 1.65 bits per heavy atom. The molecule has 0 amide bonds. The van der Waals surface area contributed by atoms with Crippen molar-refractivity contribution in [2.45, 2.75) is 97.4 Å². The Bertz CT molecular complexity index is 504. The smallest absolute Gasteiger partial charge is 0.00418 e. The molecule has 0 radical (unpaired) electrons. The van der Waals surface area contributed by atoms with E-state index in [-0.39, 0.29) is 0 Å². The fraction of sp³-hybridized carbons (Fsp3) is 1.00. The van der Waals surface area contributed by atoms with Crippen molar-refractivity contribution in [3.05, 3.63) is 0 Å². The van der Waals surface area contributed by atoms with Crippen molar-refractivity contribution in [3.8, 4) is 0 Å². The first-order valence-electron chi connectivity index (χ1n) is 11.9. The summed E-state index contributed by atoms with van der Waals surface area (Å²) in [5.41, 5.74) is 13.4. The van der Waals surface area contributed by atoms with Crippen LogP contribution in [0, 0.1) is 46.3 Å². The van der Waals surface area contributed by atoms with E-state index in [1.807, 2.05) is 0 Å². The van der Waals surface area contributed by atoms with Gasteiger partial charge in [-0.2, -0.15) is 0 Å². The number of hydrogen-bond acceptors (Lipinski definition) is 2. The van der Waals surface area contributed by atoms with Gasteiger partial charge in [0.2, 0.25) is 0 Å². The van der Waals surface area contributed by atoms with E-state index >= 15 is 0 Å². The zero-order valence-electron chi connectivity index (χ0n) is 17.7. The lowest BCUT2D eigenvalue weighted by molar-refractivity contribution is -0.116. The molecule has 0 aromatic heterocycles. The summed E-state index contributed by atoms with van der Waals surface area (Å²) in [6.07, 6.45) is 15.5. The molecule has 0 bridgehead atoms. The molecular formula is C24H44N2. The van der Waals surface area contributed by atoms with Gasteiger partial charge in [-0.05, 0) is 124 Å². The molecule has 0 saturated heterocycles. The highest BCUT2D eigenvalue weighted by molar-refractivity contribution is 5.09. The van der Waals surface area contributed by atoms with Crippen molar-refractivity contribution in [1.29, 1.82) is 0 Å². The molecule has 26 heavy (non-hydrogen) atoms. The molecule has 0 heterocycles. The van der Waals surface area contributed by atoms with Gasteiger partial charge in [-0.1, -0.05) is 20.8 Å². The minimum Gasteiger partial charge on any atom is -0.330 e. The lowest BCUT2D eigenvalue weighted by Crippen LogP contribution is -2.54. The Labute approximate surface area is 162 Å². The number of rotatable bonds is 4. The Morgan fingerprint density at radius 1 is 0.923 bits per heavy atom. The molecule has 0 unspecified atom stereocenters. The van der Waals surface area contributed by atoms with E-state index in [0.717, 1.165) is 42.1 Å². The van der Waals surface area contributed by atoms with Crippen LogP contribution in [-0.2, 0) is 0 Å². The highest BCUT2D eigenvalue weighted by atomic mass is 14.7. The van der Waals surface area contributed by atoms with Gasteiger partial charge in [-0.15, -0.1) is 0 Å². The van der Waals surface area contributed by atoms with E-state index in [2.05, 4.69) is 20.8 Å². The molecule has 4 N–H and O–H groups in total. The summed E-state index contributed by atoms with van der Waals surface area (Å²) < 4.78 is 0. The maximum absolute atomic E-state index is 6.36. The third-order valence-electron chi connectivity index (χ3n) is 10.3. The minimum atomic E-state index is 0.484. The van der Waals surface area contributed by atoms with E-state index in [4.69, 9.17) is 11.5 Å². The third kappa shape index (κ3) is 2.89. The SMILES string of the molecule is C[C@H](CCCN)[C@H]1CC[C@H]2[C@@H]3CC[C@@H]4C[C@@H](N)CC[C@]4(C)[C@H]3CC[C@]12C. The largest absolute Gasteiger partial charge is 0.330 e. The second-order valence-electron chi connectivity index (χ2n) is 11.3. The summed E-state index contributed by atoms with van der Waals surface area (Å²) in [6.45, 7) is 8.75. The number of hydrogen-bond donors (Lipinski definition) is 2. The zero-order valence-corrected chi connectivity index (χ0v) is 17.7. The molecule has 9 atom stereocenters. The van der Waals surface area contributed by atoms with Crippen LogP contribution in [0.2, 0.25) is 0 Å². The van der Waals surface area contributed by atoms with Crippen LogP contribution in [-0.4, -0.2) is 12.6 Å². The first-order chi connectivity index (χ1) is 12.4. The maximum atomic E-state index is 6.36. The fourth-order valence-electron chi connectivity index (χ4n) is 8.91. The van der Waals surface area contributed by atoms with Crippen LogP contribution in [0.15, 0.2) is 0 Å². The van der Waals surface area contributed by atoms with Gasteiger partial charge in [0, 0.05) is 6.04 Å². The average molecular weight is 361 g/mol. The molecule has 4 aliphatic rings. The van der Waals surface area contributed by atoms with Crippen molar-refractivity contribution < 1.29 is 0 Å². The molecule has 4 aliphatic carbocycles. The van der Waals surface area contributed by atoms with E-state index in [0.29, 0.717) is 16.9 Å². The molecule has 0 aromatic rings. The van der Waals surface area contributed by atoms with Gasteiger partial charge in [-0.25, -0.2) is 0 Å².